The molecule has 108 valence electrons. The lowest BCUT2D eigenvalue weighted by molar-refractivity contribution is 0.174. The lowest BCUT2D eigenvalue weighted by atomic mass is 10.00. The Hall–Kier alpha value is -1.32. The summed E-state index contributed by atoms with van der Waals surface area (Å²) in [7, 11) is 0. The van der Waals surface area contributed by atoms with Crippen LogP contribution in [0.25, 0.3) is 0 Å². The van der Waals surface area contributed by atoms with E-state index in [9.17, 15) is 5.11 Å². The fourth-order valence-electron chi connectivity index (χ4n) is 2.40. The number of benzene rings is 1. The highest BCUT2D eigenvalue weighted by molar-refractivity contribution is 6.30. The van der Waals surface area contributed by atoms with Gasteiger partial charge < -0.3 is 5.11 Å². The van der Waals surface area contributed by atoms with Gasteiger partial charge in [0.2, 0.25) is 0 Å². The summed E-state index contributed by atoms with van der Waals surface area (Å²) in [5.41, 5.74) is 4.08. The second kappa shape index (κ2) is 6.42. The van der Waals surface area contributed by atoms with Gasteiger partial charge >= 0.3 is 0 Å². The molecule has 0 fully saturated rings. The third-order valence-electron chi connectivity index (χ3n) is 3.58. The number of aliphatic hydroxyl groups is 1. The molecule has 0 saturated heterocycles. The van der Waals surface area contributed by atoms with E-state index >= 15 is 0 Å². The van der Waals surface area contributed by atoms with Crippen molar-refractivity contribution in [1.29, 1.82) is 0 Å². The number of halogens is 1. The van der Waals surface area contributed by atoms with Gasteiger partial charge in [-0.2, -0.15) is 5.10 Å². The van der Waals surface area contributed by atoms with Crippen LogP contribution in [-0.2, 0) is 19.4 Å². The standard InChI is InChI=1S/C16H21ClN2O/c1-4-13-9-14(19(5-2)18-13)10-16(20)15-8-12(17)7-6-11(15)3/h6-9,16,20H,4-5,10H2,1-3H3. The zero-order valence-corrected chi connectivity index (χ0v) is 13.0. The molecule has 0 bridgehead atoms. The van der Waals surface area contributed by atoms with Gasteiger partial charge in [-0.05, 0) is 49.6 Å². The van der Waals surface area contributed by atoms with Crippen LogP contribution >= 0.6 is 11.6 Å². The Labute approximate surface area is 125 Å². The molecule has 0 aliphatic rings. The molecule has 0 aliphatic carbocycles. The van der Waals surface area contributed by atoms with Crippen LogP contribution in [0.3, 0.4) is 0 Å². The van der Waals surface area contributed by atoms with Gasteiger partial charge in [-0.1, -0.05) is 24.6 Å². The molecule has 0 spiro atoms. The van der Waals surface area contributed by atoms with Crippen LogP contribution < -0.4 is 0 Å². The summed E-state index contributed by atoms with van der Waals surface area (Å²) in [6.07, 6.45) is 0.911. The fourth-order valence-corrected chi connectivity index (χ4v) is 2.58. The van der Waals surface area contributed by atoms with E-state index in [2.05, 4.69) is 25.0 Å². The monoisotopic (exact) mass is 292 g/mol. The highest BCUT2D eigenvalue weighted by atomic mass is 35.5. The minimum Gasteiger partial charge on any atom is -0.388 e. The Morgan fingerprint density at radius 3 is 2.70 bits per heavy atom. The molecular formula is C16H21ClN2O. The van der Waals surface area contributed by atoms with Crippen molar-refractivity contribution in [2.24, 2.45) is 0 Å². The first kappa shape index (κ1) is 15.1. The topological polar surface area (TPSA) is 38.0 Å². The molecular weight excluding hydrogens is 272 g/mol. The molecule has 1 aromatic carbocycles. The van der Waals surface area contributed by atoms with Gasteiger partial charge in [-0.25, -0.2) is 0 Å². The van der Waals surface area contributed by atoms with Gasteiger partial charge in [-0.3, -0.25) is 4.68 Å². The van der Waals surface area contributed by atoms with Crippen LogP contribution in [0.15, 0.2) is 24.3 Å². The van der Waals surface area contributed by atoms with E-state index in [4.69, 9.17) is 11.6 Å². The maximum absolute atomic E-state index is 10.5. The molecule has 2 rings (SSSR count). The van der Waals surface area contributed by atoms with E-state index in [1.165, 1.54) is 0 Å². The van der Waals surface area contributed by atoms with Crippen LogP contribution in [0, 0.1) is 6.92 Å². The Morgan fingerprint density at radius 1 is 1.30 bits per heavy atom. The molecule has 0 saturated carbocycles. The van der Waals surface area contributed by atoms with E-state index < -0.39 is 6.10 Å². The number of aliphatic hydroxyl groups excluding tert-OH is 1. The molecule has 1 atom stereocenters. The van der Waals surface area contributed by atoms with E-state index in [-0.39, 0.29) is 0 Å². The lowest BCUT2D eigenvalue weighted by Gasteiger charge is -2.14. The first-order valence-electron chi connectivity index (χ1n) is 7.04. The first-order chi connectivity index (χ1) is 9.55. The van der Waals surface area contributed by atoms with Crippen LogP contribution in [0.5, 0.6) is 0 Å². The van der Waals surface area contributed by atoms with Gasteiger partial charge in [-0.15, -0.1) is 0 Å². The molecule has 3 nitrogen and oxygen atoms in total. The number of hydrogen-bond donors (Lipinski definition) is 1. The SMILES string of the molecule is CCc1cc(CC(O)c2cc(Cl)ccc2C)n(CC)n1. The van der Waals surface area contributed by atoms with Crippen molar-refractivity contribution in [2.45, 2.75) is 46.3 Å². The largest absolute Gasteiger partial charge is 0.388 e. The number of rotatable bonds is 5. The molecule has 0 radical (unpaired) electrons. The molecule has 1 N–H and O–H groups in total. The Bertz CT molecular complexity index is 592. The Balaban J connectivity index is 2.24. The summed E-state index contributed by atoms with van der Waals surface area (Å²) in [4.78, 5) is 0. The maximum atomic E-state index is 10.5. The molecule has 4 heteroatoms. The predicted octanol–water partition coefficient (Wildman–Crippen LogP) is 3.70. The normalized spacial score (nSPS) is 12.7. The molecule has 2 aromatic rings. The van der Waals surface area contributed by atoms with E-state index in [1.54, 1.807) is 0 Å². The number of aromatic nitrogens is 2. The Morgan fingerprint density at radius 2 is 2.05 bits per heavy atom. The average molecular weight is 293 g/mol. The molecule has 1 unspecified atom stereocenters. The number of aryl methyl sites for hydroxylation is 3. The third-order valence-corrected chi connectivity index (χ3v) is 3.81. The molecule has 1 aromatic heterocycles. The summed E-state index contributed by atoms with van der Waals surface area (Å²) in [5.74, 6) is 0. The van der Waals surface area contributed by atoms with Crippen molar-refractivity contribution in [3.63, 3.8) is 0 Å². The van der Waals surface area contributed by atoms with Crippen LogP contribution in [0.2, 0.25) is 5.02 Å². The quantitative estimate of drug-likeness (QED) is 0.912. The minimum atomic E-state index is -0.555. The van der Waals surface area contributed by atoms with Crippen molar-refractivity contribution in [3.8, 4) is 0 Å². The third kappa shape index (κ3) is 3.22. The summed E-state index contributed by atoms with van der Waals surface area (Å²) < 4.78 is 1.96. The minimum absolute atomic E-state index is 0.555. The molecule has 0 amide bonds. The molecule has 0 aliphatic heterocycles. The lowest BCUT2D eigenvalue weighted by Crippen LogP contribution is -2.09. The fraction of sp³-hybridized carbons (Fsp3) is 0.438. The zero-order valence-electron chi connectivity index (χ0n) is 12.2. The molecule has 20 heavy (non-hydrogen) atoms. The summed E-state index contributed by atoms with van der Waals surface area (Å²) >= 11 is 6.02. The highest BCUT2D eigenvalue weighted by Crippen LogP contribution is 2.25. The van der Waals surface area contributed by atoms with E-state index in [1.807, 2.05) is 29.8 Å². The van der Waals surface area contributed by atoms with Gasteiger partial charge in [0.15, 0.2) is 0 Å². The van der Waals surface area contributed by atoms with Gasteiger partial charge in [0.05, 0.1) is 11.8 Å². The summed E-state index contributed by atoms with van der Waals surface area (Å²) in [5, 5.41) is 15.7. The second-order valence-electron chi connectivity index (χ2n) is 5.02. The average Bonchev–Trinajstić information content (AvgIpc) is 2.83. The predicted molar refractivity (Wildman–Crippen MR) is 82.1 cm³/mol. The van der Waals surface area contributed by atoms with Gasteiger partial charge in [0.25, 0.3) is 0 Å². The second-order valence-corrected chi connectivity index (χ2v) is 5.45. The smallest absolute Gasteiger partial charge is 0.0848 e. The zero-order chi connectivity index (χ0) is 14.7. The summed E-state index contributed by atoms with van der Waals surface area (Å²) in [6, 6.07) is 7.70. The van der Waals surface area contributed by atoms with Crippen molar-refractivity contribution in [1.82, 2.24) is 9.78 Å². The van der Waals surface area contributed by atoms with Crippen LogP contribution in [-0.4, -0.2) is 14.9 Å². The number of nitrogens with zero attached hydrogens (tertiary/aromatic N) is 2. The van der Waals surface area contributed by atoms with Crippen LogP contribution in [0.1, 0.15) is 42.5 Å². The van der Waals surface area contributed by atoms with Crippen molar-refractivity contribution in [3.05, 3.63) is 51.8 Å². The highest BCUT2D eigenvalue weighted by Gasteiger charge is 2.15. The van der Waals surface area contributed by atoms with Crippen molar-refractivity contribution < 1.29 is 5.11 Å². The number of hydrogen-bond acceptors (Lipinski definition) is 2. The van der Waals surface area contributed by atoms with E-state index in [0.717, 1.165) is 35.5 Å². The van der Waals surface area contributed by atoms with Crippen LogP contribution in [0.4, 0.5) is 0 Å². The first-order valence-corrected chi connectivity index (χ1v) is 7.42. The van der Waals surface area contributed by atoms with E-state index in [0.29, 0.717) is 11.4 Å². The summed E-state index contributed by atoms with van der Waals surface area (Å²) in [6.45, 7) is 6.96. The van der Waals surface area contributed by atoms with Gasteiger partial charge in [0, 0.05) is 23.7 Å². The van der Waals surface area contributed by atoms with Crippen molar-refractivity contribution >= 4 is 11.6 Å². The Kier molecular flexibility index (Phi) is 4.84. The molecule has 1 heterocycles. The van der Waals surface area contributed by atoms with Crippen molar-refractivity contribution in [2.75, 3.05) is 0 Å². The maximum Gasteiger partial charge on any atom is 0.0848 e. The van der Waals surface area contributed by atoms with Gasteiger partial charge in [0.1, 0.15) is 0 Å².